The molecule has 4 aromatic rings. The summed E-state index contributed by atoms with van der Waals surface area (Å²) in [5.41, 5.74) is 3.52. The summed E-state index contributed by atoms with van der Waals surface area (Å²) in [6.45, 7) is 8.95. The van der Waals surface area contributed by atoms with Gasteiger partial charge in [0.2, 0.25) is 0 Å². The molecule has 10 heteroatoms. The quantitative estimate of drug-likeness (QED) is 0.429. The van der Waals surface area contributed by atoms with E-state index in [9.17, 15) is 10.1 Å². The fraction of sp³-hybridized carbons (Fsp3) is 0.385. The number of hydrogen-bond donors (Lipinski definition) is 0. The molecule has 4 aromatic heterocycles. The number of anilines is 1. The van der Waals surface area contributed by atoms with Crippen LogP contribution in [0.25, 0.3) is 28.1 Å². The molecule has 0 aromatic carbocycles. The van der Waals surface area contributed by atoms with E-state index in [0.717, 1.165) is 30.0 Å². The molecule has 0 bridgehead atoms. The summed E-state index contributed by atoms with van der Waals surface area (Å²) >= 11 is 0. The van der Waals surface area contributed by atoms with E-state index in [4.69, 9.17) is 14.7 Å². The molecule has 5 heterocycles. The third-order valence-electron chi connectivity index (χ3n) is 6.19. The van der Waals surface area contributed by atoms with Crippen LogP contribution in [-0.2, 0) is 4.74 Å². The van der Waals surface area contributed by atoms with Crippen molar-refractivity contribution in [3.63, 3.8) is 0 Å². The van der Waals surface area contributed by atoms with Crippen molar-refractivity contribution in [2.75, 3.05) is 25.0 Å². The average Bonchev–Trinajstić information content (AvgIpc) is 3.47. The molecule has 1 aliphatic heterocycles. The van der Waals surface area contributed by atoms with Crippen molar-refractivity contribution < 1.29 is 9.53 Å². The predicted octanol–water partition coefficient (Wildman–Crippen LogP) is 3.97. The second-order valence-electron chi connectivity index (χ2n) is 10.1. The molecular weight excluding hydrogens is 456 g/mol. The Morgan fingerprint density at radius 1 is 1.19 bits per heavy atom. The average molecular weight is 485 g/mol. The van der Waals surface area contributed by atoms with Crippen molar-refractivity contribution in [3.8, 4) is 17.5 Å². The van der Waals surface area contributed by atoms with Crippen LogP contribution in [0.4, 0.5) is 10.6 Å². The molecule has 1 fully saturated rings. The molecule has 1 unspecified atom stereocenters. The topological polar surface area (TPSA) is 113 Å². The minimum absolute atomic E-state index is 0.0482. The number of rotatable bonds is 3. The highest BCUT2D eigenvalue weighted by atomic mass is 16.6. The van der Waals surface area contributed by atoms with Gasteiger partial charge in [-0.3, -0.25) is 0 Å². The summed E-state index contributed by atoms with van der Waals surface area (Å²) in [5, 5.41) is 9.57. The van der Waals surface area contributed by atoms with Crippen LogP contribution in [0, 0.1) is 18.3 Å². The van der Waals surface area contributed by atoms with Gasteiger partial charge in [-0.15, -0.1) is 0 Å². The molecule has 1 amide bonds. The second kappa shape index (κ2) is 8.75. The Kier molecular flexibility index (Phi) is 5.71. The number of pyridine rings is 2. The summed E-state index contributed by atoms with van der Waals surface area (Å²) in [6.07, 6.45) is 5.98. The molecule has 1 atom stereocenters. The Morgan fingerprint density at radius 2 is 2.00 bits per heavy atom. The number of aryl methyl sites for hydroxylation is 1. The maximum atomic E-state index is 12.5. The molecule has 1 saturated heterocycles. The van der Waals surface area contributed by atoms with E-state index < -0.39 is 5.60 Å². The molecule has 0 N–H and O–H groups in total. The standard InChI is InChI=1S/C26H28N8O2/c1-16-13-34-14-18(10-17(11-27)24(34)29-16)23-28-12-21-20(31-23)6-7-22(30-21)33-9-8-19(15-33)32(5)25(35)36-26(2,3)4/h6-7,10,12-14,19H,8-9,15H2,1-5H3. The highest BCUT2D eigenvalue weighted by molar-refractivity contribution is 5.78. The van der Waals surface area contributed by atoms with Gasteiger partial charge in [0.15, 0.2) is 11.5 Å². The maximum absolute atomic E-state index is 12.5. The third-order valence-corrected chi connectivity index (χ3v) is 6.19. The van der Waals surface area contributed by atoms with Gasteiger partial charge in [-0.1, -0.05) is 0 Å². The van der Waals surface area contributed by atoms with Gasteiger partial charge in [-0.25, -0.2) is 24.7 Å². The van der Waals surface area contributed by atoms with Gasteiger partial charge in [0.25, 0.3) is 0 Å². The first kappa shape index (κ1) is 23.5. The minimum Gasteiger partial charge on any atom is -0.444 e. The van der Waals surface area contributed by atoms with E-state index in [2.05, 4.69) is 20.9 Å². The zero-order valence-corrected chi connectivity index (χ0v) is 21.1. The van der Waals surface area contributed by atoms with E-state index in [-0.39, 0.29) is 12.1 Å². The van der Waals surface area contributed by atoms with E-state index in [1.807, 2.05) is 56.6 Å². The van der Waals surface area contributed by atoms with E-state index in [1.165, 1.54) is 0 Å². The minimum atomic E-state index is -0.526. The van der Waals surface area contributed by atoms with Gasteiger partial charge >= 0.3 is 6.09 Å². The SMILES string of the molecule is Cc1cn2cc(-c3ncc4nc(N5CCC(N(C)C(=O)OC(C)(C)C)C5)ccc4n3)cc(C#N)c2n1. The van der Waals surface area contributed by atoms with Crippen molar-refractivity contribution >= 4 is 28.6 Å². The lowest BCUT2D eigenvalue weighted by Gasteiger charge is -2.28. The first-order valence-electron chi connectivity index (χ1n) is 11.9. The number of amides is 1. The Bertz CT molecular complexity index is 1510. The highest BCUT2D eigenvalue weighted by Crippen LogP contribution is 2.26. The van der Waals surface area contributed by atoms with Crippen LogP contribution >= 0.6 is 0 Å². The number of hydrogen-bond acceptors (Lipinski definition) is 8. The smallest absolute Gasteiger partial charge is 0.410 e. The fourth-order valence-electron chi connectivity index (χ4n) is 4.40. The number of imidazole rings is 1. The van der Waals surface area contributed by atoms with Crippen LogP contribution in [0.2, 0.25) is 0 Å². The van der Waals surface area contributed by atoms with Gasteiger partial charge in [0.1, 0.15) is 23.0 Å². The number of carbonyl (C=O) groups excluding carboxylic acids is 1. The van der Waals surface area contributed by atoms with Gasteiger partial charge in [0, 0.05) is 38.1 Å². The summed E-state index contributed by atoms with van der Waals surface area (Å²) in [4.78, 5) is 34.7. The molecule has 0 radical (unpaired) electrons. The molecular formula is C26H28N8O2. The second-order valence-corrected chi connectivity index (χ2v) is 10.1. The van der Waals surface area contributed by atoms with Gasteiger partial charge in [0.05, 0.1) is 29.0 Å². The summed E-state index contributed by atoms with van der Waals surface area (Å²) in [5.74, 6) is 1.34. The zero-order valence-electron chi connectivity index (χ0n) is 21.1. The number of nitrogens with zero attached hydrogens (tertiary/aromatic N) is 8. The molecule has 0 saturated carbocycles. The lowest BCUT2D eigenvalue weighted by atomic mass is 10.2. The summed E-state index contributed by atoms with van der Waals surface area (Å²) in [7, 11) is 1.78. The Labute approximate surface area is 209 Å². The third kappa shape index (κ3) is 4.52. The number of nitriles is 1. The highest BCUT2D eigenvalue weighted by Gasteiger charge is 2.31. The molecule has 36 heavy (non-hydrogen) atoms. The monoisotopic (exact) mass is 484 g/mol. The number of aromatic nitrogens is 5. The lowest BCUT2D eigenvalue weighted by Crippen LogP contribution is -2.42. The largest absolute Gasteiger partial charge is 0.444 e. The number of ether oxygens (including phenoxy) is 1. The first-order valence-corrected chi connectivity index (χ1v) is 11.9. The van der Waals surface area contributed by atoms with Crippen molar-refractivity contribution in [3.05, 3.63) is 48.0 Å². The van der Waals surface area contributed by atoms with Crippen LogP contribution in [-0.4, -0.2) is 67.1 Å². The van der Waals surface area contributed by atoms with Gasteiger partial charge < -0.3 is 18.9 Å². The fourth-order valence-corrected chi connectivity index (χ4v) is 4.40. The summed E-state index contributed by atoms with van der Waals surface area (Å²) < 4.78 is 7.34. The van der Waals surface area contributed by atoms with Crippen molar-refractivity contribution in [1.82, 2.24) is 29.2 Å². The lowest BCUT2D eigenvalue weighted by molar-refractivity contribution is 0.0238. The molecule has 0 spiro atoms. The van der Waals surface area contributed by atoms with E-state index in [1.54, 1.807) is 24.2 Å². The zero-order chi connectivity index (χ0) is 25.6. The van der Waals surface area contributed by atoms with E-state index in [0.29, 0.717) is 34.6 Å². The van der Waals surface area contributed by atoms with Crippen LogP contribution in [0.3, 0.4) is 0 Å². The van der Waals surface area contributed by atoms with Gasteiger partial charge in [-0.05, 0) is 52.3 Å². The molecule has 1 aliphatic rings. The van der Waals surface area contributed by atoms with Crippen LogP contribution < -0.4 is 4.90 Å². The molecule has 184 valence electrons. The number of fused-ring (bicyclic) bond motifs is 2. The number of carbonyl (C=O) groups is 1. The Hall–Kier alpha value is -4.26. The maximum Gasteiger partial charge on any atom is 0.410 e. The van der Waals surface area contributed by atoms with Gasteiger partial charge in [-0.2, -0.15) is 5.26 Å². The van der Waals surface area contributed by atoms with Crippen molar-refractivity contribution in [1.29, 1.82) is 5.26 Å². The molecule has 10 nitrogen and oxygen atoms in total. The van der Waals surface area contributed by atoms with Crippen molar-refractivity contribution in [2.45, 2.75) is 45.8 Å². The predicted molar refractivity (Wildman–Crippen MR) is 136 cm³/mol. The van der Waals surface area contributed by atoms with Crippen molar-refractivity contribution in [2.24, 2.45) is 0 Å². The van der Waals surface area contributed by atoms with Crippen LogP contribution in [0.1, 0.15) is 38.4 Å². The molecule has 0 aliphatic carbocycles. The number of likely N-dealkylation sites (N-methyl/N-ethyl adjacent to an activating group) is 1. The van der Waals surface area contributed by atoms with Crippen LogP contribution in [0.15, 0.2) is 36.8 Å². The Morgan fingerprint density at radius 3 is 2.75 bits per heavy atom. The Balaban J connectivity index is 1.36. The normalized spacial score (nSPS) is 15.9. The summed E-state index contributed by atoms with van der Waals surface area (Å²) in [6, 6.07) is 7.89. The molecule has 5 rings (SSSR count). The van der Waals surface area contributed by atoms with E-state index >= 15 is 0 Å². The first-order chi connectivity index (χ1) is 17.1. The van der Waals surface area contributed by atoms with Crippen LogP contribution in [0.5, 0.6) is 0 Å².